The molecule has 1 aromatic carbocycles. The number of hydrogen-bond donors (Lipinski definition) is 2. The Kier molecular flexibility index (Phi) is 4.69. The Morgan fingerprint density at radius 2 is 1.84 bits per heavy atom. The van der Waals surface area contributed by atoms with E-state index in [1.165, 1.54) is 17.0 Å². The van der Waals surface area contributed by atoms with Gasteiger partial charge in [-0.2, -0.15) is 0 Å². The maximum atomic E-state index is 12.9. The summed E-state index contributed by atoms with van der Waals surface area (Å²) in [6, 6.07) is 10.9. The summed E-state index contributed by atoms with van der Waals surface area (Å²) in [5.74, 6) is -0.215. The van der Waals surface area contributed by atoms with Crippen LogP contribution in [0.4, 0.5) is 4.39 Å². The van der Waals surface area contributed by atoms with Crippen LogP contribution < -0.4 is 5.32 Å². The van der Waals surface area contributed by atoms with Crippen molar-refractivity contribution >= 4 is 11.3 Å². The zero-order valence-corrected chi connectivity index (χ0v) is 11.9. The first kappa shape index (κ1) is 14.2. The molecule has 2 aromatic rings. The first-order valence-electron chi connectivity index (χ1n) is 6.33. The summed E-state index contributed by atoms with van der Waals surface area (Å²) in [6.45, 7) is 4.41. The van der Waals surface area contributed by atoms with Crippen molar-refractivity contribution in [1.82, 2.24) is 5.32 Å². The molecule has 0 amide bonds. The van der Waals surface area contributed by atoms with E-state index in [0.29, 0.717) is 6.54 Å². The zero-order chi connectivity index (χ0) is 13.8. The van der Waals surface area contributed by atoms with E-state index < -0.39 is 0 Å². The molecule has 2 atom stereocenters. The number of aliphatic hydroxyl groups excluding tert-OH is 1. The van der Waals surface area contributed by atoms with Crippen LogP contribution in [0.1, 0.15) is 24.8 Å². The van der Waals surface area contributed by atoms with Gasteiger partial charge in [-0.15, -0.1) is 11.3 Å². The van der Waals surface area contributed by atoms with Crippen LogP contribution in [-0.2, 0) is 0 Å². The number of thiophene rings is 1. The summed E-state index contributed by atoms with van der Waals surface area (Å²) in [4.78, 5) is 2.33. The minimum atomic E-state index is -0.348. The highest BCUT2D eigenvalue weighted by Crippen LogP contribution is 2.31. The van der Waals surface area contributed by atoms with Crippen molar-refractivity contribution in [3.8, 4) is 10.4 Å². The van der Waals surface area contributed by atoms with E-state index in [4.69, 9.17) is 0 Å². The van der Waals surface area contributed by atoms with Gasteiger partial charge in [0.15, 0.2) is 0 Å². The lowest BCUT2D eigenvalue weighted by atomic mass is 10.2. The topological polar surface area (TPSA) is 32.3 Å². The number of hydrogen-bond acceptors (Lipinski definition) is 3. The zero-order valence-electron chi connectivity index (χ0n) is 11.1. The average molecular weight is 279 g/mol. The number of rotatable bonds is 5. The number of nitrogens with one attached hydrogen (secondary N) is 1. The highest BCUT2D eigenvalue weighted by molar-refractivity contribution is 7.15. The lowest BCUT2D eigenvalue weighted by Gasteiger charge is -2.13. The van der Waals surface area contributed by atoms with E-state index in [-0.39, 0.29) is 18.0 Å². The Bertz CT molecular complexity index is 521. The molecule has 1 aromatic heterocycles. The minimum absolute atomic E-state index is 0.203. The molecule has 19 heavy (non-hydrogen) atoms. The second-order valence-corrected chi connectivity index (χ2v) is 5.80. The van der Waals surface area contributed by atoms with Gasteiger partial charge in [-0.3, -0.25) is 0 Å². The molecule has 1 heterocycles. The summed E-state index contributed by atoms with van der Waals surface area (Å²) in [7, 11) is 0. The summed E-state index contributed by atoms with van der Waals surface area (Å²) < 4.78 is 12.9. The second kappa shape index (κ2) is 6.28. The predicted octanol–water partition coefficient (Wildman–Crippen LogP) is 3.59. The average Bonchev–Trinajstić information content (AvgIpc) is 2.86. The van der Waals surface area contributed by atoms with Crippen molar-refractivity contribution in [3.05, 3.63) is 47.1 Å². The van der Waals surface area contributed by atoms with Crippen molar-refractivity contribution in [2.24, 2.45) is 0 Å². The molecule has 0 bridgehead atoms. The molecule has 2 rings (SSSR count). The van der Waals surface area contributed by atoms with Crippen LogP contribution in [0.15, 0.2) is 36.4 Å². The lowest BCUT2D eigenvalue weighted by molar-refractivity contribution is 0.187. The molecule has 2 N–H and O–H groups in total. The number of halogens is 1. The molecule has 2 unspecified atom stereocenters. The molecule has 0 fully saturated rings. The van der Waals surface area contributed by atoms with E-state index in [9.17, 15) is 9.50 Å². The fourth-order valence-corrected chi connectivity index (χ4v) is 2.84. The van der Waals surface area contributed by atoms with Crippen LogP contribution in [0.3, 0.4) is 0 Å². The van der Waals surface area contributed by atoms with Gasteiger partial charge in [-0.05, 0) is 43.7 Å². The van der Waals surface area contributed by atoms with Crippen molar-refractivity contribution in [2.45, 2.75) is 26.0 Å². The maximum Gasteiger partial charge on any atom is 0.123 e. The summed E-state index contributed by atoms with van der Waals surface area (Å²) >= 11 is 1.69. The molecule has 0 radical (unpaired) electrons. The Morgan fingerprint density at radius 1 is 1.16 bits per heavy atom. The van der Waals surface area contributed by atoms with E-state index in [1.807, 2.05) is 6.07 Å². The third-order valence-electron chi connectivity index (χ3n) is 2.90. The molecule has 4 heteroatoms. The van der Waals surface area contributed by atoms with Crippen molar-refractivity contribution in [3.63, 3.8) is 0 Å². The monoisotopic (exact) mass is 279 g/mol. The van der Waals surface area contributed by atoms with E-state index in [2.05, 4.69) is 18.3 Å². The van der Waals surface area contributed by atoms with Crippen LogP contribution in [0, 0.1) is 5.82 Å². The van der Waals surface area contributed by atoms with Crippen molar-refractivity contribution < 1.29 is 9.50 Å². The Balaban J connectivity index is 2.08. The molecule has 0 saturated carbocycles. The third kappa shape index (κ3) is 3.86. The Hall–Kier alpha value is -1.23. The Labute approximate surface area is 116 Å². The highest BCUT2D eigenvalue weighted by Gasteiger charge is 2.10. The first-order valence-corrected chi connectivity index (χ1v) is 7.15. The summed E-state index contributed by atoms with van der Waals surface area (Å²) in [5, 5.41) is 12.5. The van der Waals surface area contributed by atoms with Gasteiger partial charge >= 0.3 is 0 Å². The fourth-order valence-electron chi connectivity index (χ4n) is 1.80. The summed E-state index contributed by atoms with van der Waals surface area (Å²) in [5.41, 5.74) is 1.03. The number of benzene rings is 1. The fraction of sp³-hybridized carbons (Fsp3) is 0.333. The van der Waals surface area contributed by atoms with Gasteiger partial charge in [-0.25, -0.2) is 4.39 Å². The second-order valence-electron chi connectivity index (χ2n) is 4.69. The first-order chi connectivity index (χ1) is 9.06. The molecule has 102 valence electrons. The molecule has 0 saturated heterocycles. The minimum Gasteiger partial charge on any atom is -0.392 e. The van der Waals surface area contributed by atoms with Crippen molar-refractivity contribution in [2.75, 3.05) is 6.54 Å². The van der Waals surface area contributed by atoms with Crippen LogP contribution in [0.2, 0.25) is 0 Å². The van der Waals surface area contributed by atoms with Gasteiger partial charge in [0.25, 0.3) is 0 Å². The van der Waals surface area contributed by atoms with Gasteiger partial charge in [0.1, 0.15) is 5.82 Å². The molecule has 0 aliphatic carbocycles. The molecule has 2 nitrogen and oxygen atoms in total. The smallest absolute Gasteiger partial charge is 0.123 e. The van der Waals surface area contributed by atoms with Crippen LogP contribution in [0.25, 0.3) is 10.4 Å². The van der Waals surface area contributed by atoms with Gasteiger partial charge < -0.3 is 10.4 Å². The van der Waals surface area contributed by atoms with Gasteiger partial charge in [0.2, 0.25) is 0 Å². The highest BCUT2D eigenvalue weighted by atomic mass is 32.1. The SMILES string of the molecule is CC(O)CNC(C)c1ccc(-c2ccc(F)cc2)s1. The van der Waals surface area contributed by atoms with Gasteiger partial charge in [0, 0.05) is 22.3 Å². The maximum absolute atomic E-state index is 12.9. The quantitative estimate of drug-likeness (QED) is 0.876. The molecule has 0 aliphatic rings. The normalized spacial score (nSPS) is 14.3. The molecule has 0 spiro atoms. The van der Waals surface area contributed by atoms with Crippen LogP contribution in [0.5, 0.6) is 0 Å². The standard InChI is InChI=1S/C15H18FNOS/c1-10(18)9-17-11(2)14-7-8-15(19-14)12-3-5-13(16)6-4-12/h3-8,10-11,17-18H,9H2,1-2H3. The molecule has 0 aliphatic heterocycles. The van der Waals surface area contributed by atoms with E-state index in [1.54, 1.807) is 30.4 Å². The largest absolute Gasteiger partial charge is 0.392 e. The Morgan fingerprint density at radius 3 is 2.47 bits per heavy atom. The van der Waals surface area contributed by atoms with Gasteiger partial charge in [-0.1, -0.05) is 12.1 Å². The summed E-state index contributed by atoms with van der Waals surface area (Å²) in [6.07, 6.45) is -0.348. The third-order valence-corrected chi connectivity index (χ3v) is 4.22. The predicted molar refractivity (Wildman–Crippen MR) is 77.8 cm³/mol. The number of aliphatic hydroxyl groups is 1. The lowest BCUT2D eigenvalue weighted by Crippen LogP contribution is -2.26. The van der Waals surface area contributed by atoms with E-state index >= 15 is 0 Å². The van der Waals surface area contributed by atoms with Crippen molar-refractivity contribution in [1.29, 1.82) is 0 Å². The molecular weight excluding hydrogens is 261 g/mol. The van der Waals surface area contributed by atoms with E-state index in [0.717, 1.165) is 10.4 Å². The van der Waals surface area contributed by atoms with Crippen LogP contribution in [-0.4, -0.2) is 17.8 Å². The molecular formula is C15H18FNOS. The van der Waals surface area contributed by atoms with Gasteiger partial charge in [0.05, 0.1) is 6.10 Å². The van der Waals surface area contributed by atoms with Crippen LogP contribution >= 0.6 is 11.3 Å².